The molecule has 154 valence electrons. The van der Waals surface area contributed by atoms with Gasteiger partial charge in [0.15, 0.2) is 0 Å². The summed E-state index contributed by atoms with van der Waals surface area (Å²) < 4.78 is 0. The molecular weight excluding hydrogens is 398 g/mol. The zero-order chi connectivity index (χ0) is 21.5. The molecule has 1 N–H and O–H groups in total. The van der Waals surface area contributed by atoms with Gasteiger partial charge >= 0.3 is 5.97 Å². The molecule has 3 rings (SSSR count). The third-order valence-corrected chi connectivity index (χ3v) is 5.17. The first kappa shape index (κ1) is 21.6. The van der Waals surface area contributed by atoms with Gasteiger partial charge in [-0.1, -0.05) is 73.5 Å². The summed E-state index contributed by atoms with van der Waals surface area (Å²) in [6.07, 6.45) is 2.34. The van der Waals surface area contributed by atoms with E-state index in [-0.39, 0.29) is 11.5 Å². The van der Waals surface area contributed by atoms with E-state index < -0.39 is 5.97 Å². The monoisotopic (exact) mass is 421 g/mol. The lowest BCUT2D eigenvalue weighted by molar-refractivity contribution is -0.118. The van der Waals surface area contributed by atoms with Crippen LogP contribution in [0.2, 0.25) is 5.02 Å². The van der Waals surface area contributed by atoms with Gasteiger partial charge < -0.3 is 10.0 Å². The lowest BCUT2D eigenvalue weighted by Gasteiger charge is -2.23. The minimum Gasteiger partial charge on any atom is -0.478 e. The fraction of sp³-hybridized carbons (Fsp3) is 0.200. The Kier molecular flexibility index (Phi) is 7.26. The number of anilines is 1. The molecule has 0 unspecified atom stereocenters. The van der Waals surface area contributed by atoms with E-state index in [9.17, 15) is 14.7 Å². The third kappa shape index (κ3) is 5.28. The zero-order valence-electron chi connectivity index (χ0n) is 16.8. The molecule has 30 heavy (non-hydrogen) atoms. The molecule has 0 saturated heterocycles. The highest BCUT2D eigenvalue weighted by atomic mass is 35.5. The van der Waals surface area contributed by atoms with Crippen LogP contribution in [0.15, 0.2) is 72.8 Å². The molecule has 3 aromatic carbocycles. The number of hydrogen-bond donors (Lipinski definition) is 1. The van der Waals surface area contributed by atoms with Crippen LogP contribution in [0.1, 0.15) is 42.1 Å². The smallest absolute Gasteiger partial charge is 0.336 e. The molecule has 0 aliphatic rings. The highest BCUT2D eigenvalue weighted by Crippen LogP contribution is 2.28. The minimum absolute atomic E-state index is 0.0954. The van der Waals surface area contributed by atoms with Crippen molar-refractivity contribution in [3.8, 4) is 11.1 Å². The van der Waals surface area contributed by atoms with Crippen LogP contribution in [-0.2, 0) is 11.3 Å². The van der Waals surface area contributed by atoms with Gasteiger partial charge in [-0.15, -0.1) is 0 Å². The highest BCUT2D eigenvalue weighted by Gasteiger charge is 2.16. The fourth-order valence-corrected chi connectivity index (χ4v) is 3.48. The average molecular weight is 422 g/mol. The summed E-state index contributed by atoms with van der Waals surface area (Å²) in [4.78, 5) is 26.2. The van der Waals surface area contributed by atoms with Gasteiger partial charge in [0, 0.05) is 17.1 Å². The van der Waals surface area contributed by atoms with E-state index in [0.717, 1.165) is 29.7 Å². The lowest BCUT2D eigenvalue weighted by atomic mass is 9.98. The molecule has 0 aromatic heterocycles. The molecule has 1 amide bonds. The van der Waals surface area contributed by atoms with E-state index in [4.69, 9.17) is 11.6 Å². The van der Waals surface area contributed by atoms with Crippen molar-refractivity contribution in [3.63, 3.8) is 0 Å². The number of para-hydroxylation sites is 1. The maximum absolute atomic E-state index is 12.8. The Balaban J connectivity index is 1.86. The standard InChI is InChI=1S/C25H24ClNO3/c1-2-3-9-24(28)27(21-7-5-4-6-8-21)17-18-10-12-19(13-11-18)22-15-14-20(26)16-23(22)25(29)30/h4-8,10-16H,2-3,9,17H2,1H3,(H,29,30). The molecule has 0 heterocycles. The average Bonchev–Trinajstić information content (AvgIpc) is 2.77. The Labute approximate surface area is 181 Å². The predicted molar refractivity (Wildman–Crippen MR) is 121 cm³/mol. The summed E-state index contributed by atoms with van der Waals surface area (Å²) in [5.74, 6) is -0.925. The molecule has 0 aliphatic carbocycles. The quantitative estimate of drug-likeness (QED) is 0.456. The van der Waals surface area contributed by atoms with Gasteiger partial charge in [0.2, 0.25) is 5.91 Å². The second kappa shape index (κ2) is 10.1. The normalized spacial score (nSPS) is 10.6. The van der Waals surface area contributed by atoms with Crippen LogP contribution < -0.4 is 4.90 Å². The van der Waals surface area contributed by atoms with E-state index in [1.165, 1.54) is 6.07 Å². The van der Waals surface area contributed by atoms with Gasteiger partial charge in [-0.2, -0.15) is 0 Å². The number of hydrogen-bond acceptors (Lipinski definition) is 2. The first-order valence-electron chi connectivity index (χ1n) is 9.97. The number of nitrogens with zero attached hydrogens (tertiary/aromatic N) is 1. The van der Waals surface area contributed by atoms with Crippen molar-refractivity contribution < 1.29 is 14.7 Å². The van der Waals surface area contributed by atoms with Crippen LogP contribution in [0, 0.1) is 0 Å². The van der Waals surface area contributed by atoms with Crippen LogP contribution in [0.4, 0.5) is 5.69 Å². The van der Waals surface area contributed by atoms with Crippen LogP contribution in [0.5, 0.6) is 0 Å². The van der Waals surface area contributed by atoms with E-state index in [1.807, 2.05) is 54.6 Å². The summed E-state index contributed by atoms with van der Waals surface area (Å²) in [6, 6.07) is 22.1. The molecule has 0 fully saturated rings. The van der Waals surface area contributed by atoms with Crippen molar-refractivity contribution >= 4 is 29.2 Å². The SMILES string of the molecule is CCCCC(=O)N(Cc1ccc(-c2ccc(Cl)cc2C(=O)O)cc1)c1ccccc1. The number of amides is 1. The first-order valence-corrected chi connectivity index (χ1v) is 10.3. The highest BCUT2D eigenvalue weighted by molar-refractivity contribution is 6.31. The van der Waals surface area contributed by atoms with Crippen molar-refractivity contribution in [1.29, 1.82) is 0 Å². The number of carbonyl (C=O) groups excluding carboxylic acids is 1. The first-order chi connectivity index (χ1) is 14.5. The Morgan fingerprint density at radius 1 is 0.967 bits per heavy atom. The summed E-state index contributed by atoms with van der Waals surface area (Å²) in [5, 5.41) is 9.87. The zero-order valence-corrected chi connectivity index (χ0v) is 17.6. The summed E-state index contributed by atoms with van der Waals surface area (Å²) in [6.45, 7) is 2.53. The second-order valence-corrected chi connectivity index (χ2v) is 7.55. The number of aromatic carboxylic acids is 1. The summed E-state index contributed by atoms with van der Waals surface area (Å²) in [5.41, 5.74) is 3.40. The number of carboxylic acid groups (broad SMARTS) is 1. The number of unbranched alkanes of at least 4 members (excludes halogenated alkanes) is 1. The van der Waals surface area contributed by atoms with Gasteiger partial charge in [0.05, 0.1) is 12.1 Å². The Hall–Kier alpha value is -3.11. The molecule has 0 saturated carbocycles. The number of halogens is 1. The number of rotatable bonds is 8. The Morgan fingerprint density at radius 2 is 1.67 bits per heavy atom. The van der Waals surface area contributed by atoms with Crippen LogP contribution in [0.25, 0.3) is 11.1 Å². The van der Waals surface area contributed by atoms with Gasteiger partial charge in [-0.25, -0.2) is 4.79 Å². The van der Waals surface area contributed by atoms with Crippen molar-refractivity contribution in [2.75, 3.05) is 4.90 Å². The molecule has 0 bridgehead atoms. The second-order valence-electron chi connectivity index (χ2n) is 7.11. The fourth-order valence-electron chi connectivity index (χ4n) is 3.31. The molecule has 0 spiro atoms. The van der Waals surface area contributed by atoms with Crippen molar-refractivity contribution in [3.05, 3.63) is 88.9 Å². The third-order valence-electron chi connectivity index (χ3n) is 4.93. The topological polar surface area (TPSA) is 57.6 Å². The predicted octanol–water partition coefficient (Wildman–Crippen LogP) is 6.43. The molecule has 3 aromatic rings. The van der Waals surface area contributed by atoms with Gasteiger partial charge in [0.1, 0.15) is 0 Å². The number of carbonyl (C=O) groups is 2. The van der Waals surface area contributed by atoms with Gasteiger partial charge in [-0.3, -0.25) is 4.79 Å². The number of carboxylic acids is 1. The van der Waals surface area contributed by atoms with E-state index in [1.54, 1.807) is 17.0 Å². The summed E-state index contributed by atoms with van der Waals surface area (Å²) in [7, 11) is 0. The summed E-state index contributed by atoms with van der Waals surface area (Å²) >= 11 is 5.95. The Morgan fingerprint density at radius 3 is 2.30 bits per heavy atom. The van der Waals surface area contributed by atoms with Crippen molar-refractivity contribution in [2.45, 2.75) is 32.7 Å². The van der Waals surface area contributed by atoms with Crippen molar-refractivity contribution in [2.24, 2.45) is 0 Å². The van der Waals surface area contributed by atoms with Crippen LogP contribution in [-0.4, -0.2) is 17.0 Å². The maximum Gasteiger partial charge on any atom is 0.336 e. The molecule has 0 radical (unpaired) electrons. The molecular formula is C25H24ClNO3. The number of benzene rings is 3. The Bertz CT molecular complexity index is 1020. The molecule has 4 nitrogen and oxygen atoms in total. The van der Waals surface area contributed by atoms with Crippen LogP contribution in [0.3, 0.4) is 0 Å². The molecule has 0 atom stereocenters. The van der Waals surface area contributed by atoms with Crippen molar-refractivity contribution in [1.82, 2.24) is 0 Å². The lowest BCUT2D eigenvalue weighted by Crippen LogP contribution is -2.30. The van der Waals surface area contributed by atoms with E-state index in [2.05, 4.69) is 6.92 Å². The van der Waals surface area contributed by atoms with E-state index in [0.29, 0.717) is 23.6 Å². The molecule has 5 heteroatoms. The van der Waals surface area contributed by atoms with E-state index >= 15 is 0 Å². The van der Waals surface area contributed by atoms with Gasteiger partial charge in [-0.05, 0) is 47.4 Å². The van der Waals surface area contributed by atoms with Gasteiger partial charge in [0.25, 0.3) is 0 Å². The maximum atomic E-state index is 12.8. The largest absolute Gasteiger partial charge is 0.478 e. The van der Waals surface area contributed by atoms with Crippen LogP contribution >= 0.6 is 11.6 Å². The minimum atomic E-state index is -1.02. The molecule has 0 aliphatic heterocycles.